The van der Waals surface area contributed by atoms with Crippen molar-refractivity contribution in [3.63, 3.8) is 0 Å². The van der Waals surface area contributed by atoms with E-state index in [4.69, 9.17) is 33.0 Å². The lowest BCUT2D eigenvalue weighted by Gasteiger charge is -2.07. The van der Waals surface area contributed by atoms with Crippen LogP contribution in [0.15, 0.2) is 46.9 Å². The van der Waals surface area contributed by atoms with E-state index >= 15 is 0 Å². The number of nitrogens with zero attached hydrogens (tertiary/aromatic N) is 2. The van der Waals surface area contributed by atoms with E-state index in [0.29, 0.717) is 22.0 Å². The maximum Gasteiger partial charge on any atom is 0.416 e. The number of alkyl halides is 3. The monoisotopic (exact) mass is 386 g/mol. The summed E-state index contributed by atoms with van der Waals surface area (Å²) in [5.74, 6) is 0.550. The van der Waals surface area contributed by atoms with Gasteiger partial charge in [0.15, 0.2) is 0 Å². The molecule has 0 atom stereocenters. The van der Waals surface area contributed by atoms with Crippen molar-refractivity contribution in [2.45, 2.75) is 6.18 Å². The molecule has 9 heteroatoms. The van der Waals surface area contributed by atoms with Gasteiger partial charge in [-0.3, -0.25) is 0 Å². The summed E-state index contributed by atoms with van der Waals surface area (Å²) in [7, 11) is 1.48. The SMILES string of the molecule is COc1ccc(Cl)cc1-n1nc(-c2ccc(C(F)(F)F)cc2)oc1=S. The first-order chi connectivity index (χ1) is 11.8. The molecule has 1 heterocycles. The lowest BCUT2D eigenvalue weighted by molar-refractivity contribution is -0.137. The van der Waals surface area contributed by atoms with E-state index in [9.17, 15) is 13.2 Å². The molecule has 0 saturated carbocycles. The lowest BCUT2D eigenvalue weighted by Crippen LogP contribution is -2.04. The molecule has 2 aromatic carbocycles. The third kappa shape index (κ3) is 3.54. The quantitative estimate of drug-likeness (QED) is 0.554. The van der Waals surface area contributed by atoms with Crippen LogP contribution in [0.5, 0.6) is 5.75 Å². The predicted octanol–water partition coefficient (Wildman–Crippen LogP) is 5.54. The summed E-state index contributed by atoms with van der Waals surface area (Å²) in [6.45, 7) is 0. The molecule has 0 N–H and O–H groups in total. The smallest absolute Gasteiger partial charge is 0.416 e. The van der Waals surface area contributed by atoms with E-state index in [1.165, 1.54) is 23.9 Å². The number of hydrogen-bond donors (Lipinski definition) is 0. The van der Waals surface area contributed by atoms with Crippen LogP contribution in [0.25, 0.3) is 17.1 Å². The molecule has 0 bridgehead atoms. The van der Waals surface area contributed by atoms with Crippen LogP contribution in [0.4, 0.5) is 13.2 Å². The zero-order valence-electron chi connectivity index (χ0n) is 12.7. The van der Waals surface area contributed by atoms with Gasteiger partial charge in [0.2, 0.25) is 5.89 Å². The molecule has 0 amide bonds. The molecule has 0 aliphatic rings. The van der Waals surface area contributed by atoms with E-state index in [1.54, 1.807) is 18.2 Å². The first kappa shape index (κ1) is 17.5. The standard InChI is InChI=1S/C16H10ClF3N2O2S/c1-23-13-7-6-11(17)8-12(13)22-15(25)24-14(21-22)9-2-4-10(5-3-9)16(18,19)20/h2-8H,1H3. The Morgan fingerprint density at radius 1 is 1.16 bits per heavy atom. The fourth-order valence-electron chi connectivity index (χ4n) is 2.18. The van der Waals surface area contributed by atoms with Crippen molar-refractivity contribution in [2.24, 2.45) is 0 Å². The maximum absolute atomic E-state index is 12.6. The Balaban J connectivity index is 2.04. The van der Waals surface area contributed by atoms with Gasteiger partial charge < -0.3 is 9.15 Å². The topological polar surface area (TPSA) is 40.2 Å². The molecule has 130 valence electrons. The van der Waals surface area contributed by atoms with E-state index in [2.05, 4.69) is 5.10 Å². The van der Waals surface area contributed by atoms with Crippen molar-refractivity contribution in [3.8, 4) is 22.9 Å². The number of methoxy groups -OCH3 is 1. The molecule has 3 aromatic rings. The van der Waals surface area contributed by atoms with Crippen LogP contribution < -0.4 is 4.74 Å². The molecular formula is C16H10ClF3N2O2S. The Morgan fingerprint density at radius 3 is 2.44 bits per heavy atom. The van der Waals surface area contributed by atoms with Gasteiger partial charge in [0.05, 0.1) is 12.7 Å². The second-order valence-electron chi connectivity index (χ2n) is 4.98. The molecule has 0 spiro atoms. The number of hydrogen-bond acceptors (Lipinski definition) is 4. The number of ether oxygens (including phenoxy) is 1. The minimum Gasteiger partial charge on any atom is -0.494 e. The molecule has 0 fully saturated rings. The molecule has 3 rings (SSSR count). The van der Waals surface area contributed by atoms with Gasteiger partial charge in [0, 0.05) is 10.6 Å². The second kappa shape index (κ2) is 6.53. The largest absolute Gasteiger partial charge is 0.494 e. The van der Waals surface area contributed by atoms with Crippen LogP contribution in [0.3, 0.4) is 0 Å². The van der Waals surface area contributed by atoms with Gasteiger partial charge in [-0.25, -0.2) is 0 Å². The highest BCUT2D eigenvalue weighted by atomic mass is 35.5. The molecule has 0 aliphatic carbocycles. The third-order valence-electron chi connectivity index (χ3n) is 3.38. The van der Waals surface area contributed by atoms with Gasteiger partial charge in [-0.15, -0.1) is 5.10 Å². The Morgan fingerprint density at radius 2 is 1.84 bits per heavy atom. The van der Waals surface area contributed by atoms with Gasteiger partial charge >= 0.3 is 6.18 Å². The first-order valence-corrected chi connectivity index (χ1v) is 7.70. The minimum atomic E-state index is -4.41. The Hall–Kier alpha value is -2.32. The summed E-state index contributed by atoms with van der Waals surface area (Å²) < 4.78 is 49.9. The van der Waals surface area contributed by atoms with Gasteiger partial charge in [-0.05, 0) is 54.7 Å². The Bertz CT molecular complexity index is 965. The molecular weight excluding hydrogens is 377 g/mol. The van der Waals surface area contributed by atoms with E-state index in [1.807, 2.05) is 0 Å². The number of aromatic nitrogens is 2. The number of benzene rings is 2. The maximum atomic E-state index is 12.6. The molecule has 0 aliphatic heterocycles. The Kier molecular flexibility index (Phi) is 4.57. The van der Waals surface area contributed by atoms with E-state index in [0.717, 1.165) is 12.1 Å². The zero-order chi connectivity index (χ0) is 18.2. The van der Waals surface area contributed by atoms with Crippen LogP contribution >= 0.6 is 23.8 Å². The highest BCUT2D eigenvalue weighted by Gasteiger charge is 2.30. The average molecular weight is 387 g/mol. The average Bonchev–Trinajstić information content (AvgIpc) is 2.96. The number of rotatable bonds is 3. The van der Waals surface area contributed by atoms with E-state index in [-0.39, 0.29) is 10.7 Å². The van der Waals surface area contributed by atoms with Crippen molar-refractivity contribution >= 4 is 23.8 Å². The van der Waals surface area contributed by atoms with Crippen LogP contribution in [0.1, 0.15) is 5.56 Å². The summed E-state index contributed by atoms with van der Waals surface area (Å²) in [6.07, 6.45) is -4.41. The summed E-state index contributed by atoms with van der Waals surface area (Å²) in [6, 6.07) is 9.32. The van der Waals surface area contributed by atoms with Gasteiger partial charge in [0.1, 0.15) is 11.4 Å². The minimum absolute atomic E-state index is 0.00969. The van der Waals surface area contributed by atoms with Crippen LogP contribution in [-0.2, 0) is 6.18 Å². The summed E-state index contributed by atoms with van der Waals surface area (Å²) >= 11 is 11.1. The molecule has 25 heavy (non-hydrogen) atoms. The fraction of sp³-hybridized carbons (Fsp3) is 0.125. The van der Waals surface area contributed by atoms with Crippen molar-refractivity contribution in [1.82, 2.24) is 9.78 Å². The molecule has 1 aromatic heterocycles. The second-order valence-corrected chi connectivity index (χ2v) is 5.76. The van der Waals surface area contributed by atoms with Gasteiger partial charge in [0.25, 0.3) is 4.84 Å². The van der Waals surface area contributed by atoms with Crippen molar-refractivity contribution in [1.29, 1.82) is 0 Å². The van der Waals surface area contributed by atoms with Gasteiger partial charge in [-0.2, -0.15) is 17.9 Å². The lowest BCUT2D eigenvalue weighted by atomic mass is 10.1. The summed E-state index contributed by atoms with van der Waals surface area (Å²) in [5.41, 5.74) is 0.0616. The fourth-order valence-corrected chi connectivity index (χ4v) is 2.56. The zero-order valence-corrected chi connectivity index (χ0v) is 14.2. The summed E-state index contributed by atoms with van der Waals surface area (Å²) in [4.78, 5) is 0.00969. The highest BCUT2D eigenvalue weighted by molar-refractivity contribution is 7.71. The first-order valence-electron chi connectivity index (χ1n) is 6.91. The number of halogens is 4. The molecule has 4 nitrogen and oxygen atoms in total. The van der Waals surface area contributed by atoms with Crippen molar-refractivity contribution in [3.05, 3.63) is 57.9 Å². The van der Waals surface area contributed by atoms with Crippen LogP contribution in [-0.4, -0.2) is 16.9 Å². The molecule has 0 unspecified atom stereocenters. The van der Waals surface area contributed by atoms with Gasteiger partial charge in [-0.1, -0.05) is 11.6 Å². The van der Waals surface area contributed by atoms with Crippen LogP contribution in [0.2, 0.25) is 5.02 Å². The molecule has 0 radical (unpaired) electrons. The normalized spacial score (nSPS) is 11.6. The predicted molar refractivity (Wildman–Crippen MR) is 88.7 cm³/mol. The Labute approximate surface area is 150 Å². The molecule has 0 saturated heterocycles. The van der Waals surface area contributed by atoms with Crippen molar-refractivity contribution < 1.29 is 22.3 Å². The van der Waals surface area contributed by atoms with Crippen molar-refractivity contribution in [2.75, 3.05) is 7.11 Å². The van der Waals surface area contributed by atoms with E-state index < -0.39 is 11.7 Å². The van der Waals surface area contributed by atoms with Crippen LogP contribution in [0, 0.1) is 4.84 Å². The highest BCUT2D eigenvalue weighted by Crippen LogP contribution is 2.32. The summed E-state index contributed by atoms with van der Waals surface area (Å²) in [5, 5.41) is 4.66. The third-order valence-corrected chi connectivity index (χ3v) is 3.87.